The molecule has 0 aliphatic carbocycles. The number of carbonyl (C=O) groups excluding carboxylic acids is 1. The summed E-state index contributed by atoms with van der Waals surface area (Å²) in [7, 11) is 0. The third-order valence-corrected chi connectivity index (χ3v) is 1.44. The van der Waals surface area contributed by atoms with Gasteiger partial charge in [0.25, 0.3) is 0 Å². The van der Waals surface area contributed by atoms with E-state index < -0.39 is 0 Å². The highest BCUT2D eigenvalue weighted by atomic mass is 16.7. The third-order valence-electron chi connectivity index (χ3n) is 1.44. The van der Waals surface area contributed by atoms with Crippen LogP contribution in [0.1, 0.15) is 27.2 Å². The summed E-state index contributed by atoms with van der Waals surface area (Å²) >= 11 is 0. The summed E-state index contributed by atoms with van der Waals surface area (Å²) in [6.07, 6.45) is 2.18. The lowest BCUT2D eigenvalue weighted by atomic mass is 10.1. The minimum Gasteiger partial charge on any atom is -0.273 e. The topological polar surface area (TPSA) is 29.5 Å². The van der Waals surface area contributed by atoms with Gasteiger partial charge < -0.3 is 0 Å². The Morgan fingerprint density at radius 2 is 2.23 bits per heavy atom. The summed E-state index contributed by atoms with van der Waals surface area (Å²) < 4.78 is 0. The van der Waals surface area contributed by atoms with Gasteiger partial charge in [0.1, 0.15) is 0 Å². The molecule has 0 saturated heterocycles. The number of hydrogen-bond acceptors (Lipinski definition) is 2. The Kier molecular flexibility index (Phi) is 6.24. The number of amides is 1. The minimum absolute atomic E-state index is 0.0248. The predicted octanol–water partition coefficient (Wildman–Crippen LogP) is 2.00. The van der Waals surface area contributed by atoms with E-state index in [4.69, 9.17) is 4.84 Å². The van der Waals surface area contributed by atoms with Gasteiger partial charge in [-0.15, -0.1) is 6.58 Å². The van der Waals surface area contributed by atoms with E-state index in [9.17, 15) is 4.79 Å². The van der Waals surface area contributed by atoms with Crippen LogP contribution in [0.15, 0.2) is 12.7 Å². The van der Waals surface area contributed by atoms with Crippen molar-refractivity contribution in [1.82, 2.24) is 5.06 Å². The van der Waals surface area contributed by atoms with Gasteiger partial charge in [-0.05, 0) is 12.8 Å². The first-order valence-electron chi connectivity index (χ1n) is 4.66. The molecule has 0 N–H and O–H groups in total. The largest absolute Gasteiger partial charge is 0.273 e. The molecule has 3 heteroatoms. The molecule has 0 spiro atoms. The van der Waals surface area contributed by atoms with Crippen LogP contribution in [0.4, 0.5) is 0 Å². The highest BCUT2D eigenvalue weighted by Crippen LogP contribution is 2.04. The molecule has 13 heavy (non-hydrogen) atoms. The van der Waals surface area contributed by atoms with Crippen LogP contribution in [0, 0.1) is 5.92 Å². The van der Waals surface area contributed by atoms with E-state index in [1.807, 2.05) is 20.8 Å². The molecule has 0 aromatic carbocycles. The van der Waals surface area contributed by atoms with Gasteiger partial charge >= 0.3 is 0 Å². The molecule has 0 rings (SSSR count). The third kappa shape index (κ3) is 5.42. The lowest BCUT2D eigenvalue weighted by Crippen LogP contribution is -2.32. The molecule has 0 aliphatic heterocycles. The molecule has 0 heterocycles. The van der Waals surface area contributed by atoms with Crippen molar-refractivity contribution < 1.29 is 9.63 Å². The van der Waals surface area contributed by atoms with E-state index >= 15 is 0 Å². The lowest BCUT2D eigenvalue weighted by molar-refractivity contribution is -0.182. The Hall–Kier alpha value is -0.830. The van der Waals surface area contributed by atoms with Crippen LogP contribution in [0.25, 0.3) is 0 Å². The first-order valence-corrected chi connectivity index (χ1v) is 4.66. The van der Waals surface area contributed by atoms with E-state index in [0.29, 0.717) is 25.5 Å². The summed E-state index contributed by atoms with van der Waals surface area (Å²) in [5, 5.41) is 1.37. The highest BCUT2D eigenvalue weighted by molar-refractivity contribution is 5.75. The lowest BCUT2D eigenvalue weighted by Gasteiger charge is -2.20. The Balaban J connectivity index is 4.02. The van der Waals surface area contributed by atoms with Crippen molar-refractivity contribution in [2.75, 3.05) is 13.2 Å². The first-order chi connectivity index (χ1) is 6.11. The summed E-state index contributed by atoms with van der Waals surface area (Å²) in [6, 6.07) is 0. The van der Waals surface area contributed by atoms with Gasteiger partial charge in [-0.1, -0.05) is 19.9 Å². The molecule has 76 valence electrons. The van der Waals surface area contributed by atoms with E-state index in [1.165, 1.54) is 5.06 Å². The number of carbonyl (C=O) groups is 1. The summed E-state index contributed by atoms with van der Waals surface area (Å²) in [5.41, 5.74) is 0. The summed E-state index contributed by atoms with van der Waals surface area (Å²) in [4.78, 5) is 16.6. The number of hydrogen-bond donors (Lipinski definition) is 0. The zero-order chi connectivity index (χ0) is 10.3. The molecule has 0 radical (unpaired) electrons. The van der Waals surface area contributed by atoms with Crippen molar-refractivity contribution >= 4 is 5.91 Å². The van der Waals surface area contributed by atoms with Gasteiger partial charge in [0.15, 0.2) is 0 Å². The van der Waals surface area contributed by atoms with Crippen molar-refractivity contribution in [1.29, 1.82) is 0 Å². The SMILES string of the molecule is C=CCN(OCC)C(=O)CC(C)C. The van der Waals surface area contributed by atoms with Crippen LogP contribution in [0.3, 0.4) is 0 Å². The Labute approximate surface area is 80.3 Å². The van der Waals surface area contributed by atoms with Crippen molar-refractivity contribution in [2.24, 2.45) is 5.92 Å². The van der Waals surface area contributed by atoms with Gasteiger partial charge in [0.2, 0.25) is 5.91 Å². The molecule has 0 aliphatic rings. The first kappa shape index (κ1) is 12.2. The van der Waals surface area contributed by atoms with Gasteiger partial charge in [0, 0.05) is 6.42 Å². The standard InChI is InChI=1S/C10H19NO2/c1-5-7-11(13-6-2)10(12)8-9(3)4/h5,9H,1,6-8H2,2-4H3. The fourth-order valence-electron chi connectivity index (χ4n) is 0.951. The van der Waals surface area contributed by atoms with Gasteiger partial charge in [-0.3, -0.25) is 9.63 Å². The number of hydroxylamine groups is 2. The maximum Gasteiger partial charge on any atom is 0.246 e. The molecule has 0 unspecified atom stereocenters. The average Bonchev–Trinajstić information content (AvgIpc) is 2.02. The van der Waals surface area contributed by atoms with Crippen LogP contribution in [0.2, 0.25) is 0 Å². The van der Waals surface area contributed by atoms with Crippen LogP contribution in [-0.4, -0.2) is 24.1 Å². The average molecular weight is 185 g/mol. The van der Waals surface area contributed by atoms with Crippen molar-refractivity contribution in [3.63, 3.8) is 0 Å². The molecule has 1 amide bonds. The summed E-state index contributed by atoms with van der Waals surface area (Å²) in [5.74, 6) is 0.386. The van der Waals surface area contributed by atoms with E-state index in [-0.39, 0.29) is 5.91 Å². The molecular formula is C10H19NO2. The molecular weight excluding hydrogens is 166 g/mol. The second-order valence-electron chi connectivity index (χ2n) is 3.26. The highest BCUT2D eigenvalue weighted by Gasteiger charge is 2.13. The Morgan fingerprint density at radius 3 is 2.62 bits per heavy atom. The molecule has 3 nitrogen and oxygen atoms in total. The maximum absolute atomic E-state index is 11.5. The second-order valence-corrected chi connectivity index (χ2v) is 3.26. The quantitative estimate of drug-likeness (QED) is 0.468. The molecule has 0 atom stereocenters. The molecule has 0 aromatic rings. The van der Waals surface area contributed by atoms with Crippen LogP contribution in [0.5, 0.6) is 0 Å². The predicted molar refractivity (Wildman–Crippen MR) is 53.0 cm³/mol. The number of rotatable bonds is 6. The van der Waals surface area contributed by atoms with Crippen LogP contribution < -0.4 is 0 Å². The van der Waals surface area contributed by atoms with E-state index in [2.05, 4.69) is 6.58 Å². The smallest absolute Gasteiger partial charge is 0.246 e. The van der Waals surface area contributed by atoms with Crippen LogP contribution >= 0.6 is 0 Å². The molecule has 0 fully saturated rings. The zero-order valence-corrected chi connectivity index (χ0v) is 8.75. The van der Waals surface area contributed by atoms with E-state index in [0.717, 1.165) is 0 Å². The van der Waals surface area contributed by atoms with Crippen molar-refractivity contribution in [2.45, 2.75) is 27.2 Å². The molecule has 0 aromatic heterocycles. The van der Waals surface area contributed by atoms with Gasteiger partial charge in [-0.25, -0.2) is 5.06 Å². The number of nitrogens with zero attached hydrogens (tertiary/aromatic N) is 1. The van der Waals surface area contributed by atoms with Gasteiger partial charge in [-0.2, -0.15) is 0 Å². The normalized spacial score (nSPS) is 10.2. The second kappa shape index (κ2) is 6.66. The van der Waals surface area contributed by atoms with E-state index in [1.54, 1.807) is 6.08 Å². The Morgan fingerprint density at radius 1 is 1.62 bits per heavy atom. The van der Waals surface area contributed by atoms with Gasteiger partial charge in [0.05, 0.1) is 13.2 Å². The Bertz CT molecular complexity index is 166. The zero-order valence-electron chi connectivity index (χ0n) is 8.75. The fourth-order valence-corrected chi connectivity index (χ4v) is 0.951. The van der Waals surface area contributed by atoms with Crippen LogP contribution in [-0.2, 0) is 9.63 Å². The monoisotopic (exact) mass is 185 g/mol. The minimum atomic E-state index is 0.0248. The maximum atomic E-state index is 11.5. The van der Waals surface area contributed by atoms with Crippen molar-refractivity contribution in [3.05, 3.63) is 12.7 Å². The van der Waals surface area contributed by atoms with Crippen molar-refractivity contribution in [3.8, 4) is 0 Å². The summed E-state index contributed by atoms with van der Waals surface area (Å²) in [6.45, 7) is 10.4. The fraction of sp³-hybridized carbons (Fsp3) is 0.700. The molecule has 0 saturated carbocycles. The molecule has 0 bridgehead atoms.